The van der Waals surface area contributed by atoms with Gasteiger partial charge < -0.3 is 5.32 Å². The molecule has 18 heavy (non-hydrogen) atoms. The number of benzene rings is 1. The summed E-state index contributed by atoms with van der Waals surface area (Å²) in [6.07, 6.45) is 5.91. The van der Waals surface area contributed by atoms with Crippen molar-refractivity contribution in [2.75, 3.05) is 32.7 Å². The Bertz CT molecular complexity index is 399. The van der Waals surface area contributed by atoms with Crippen molar-refractivity contribution in [1.29, 1.82) is 0 Å². The summed E-state index contributed by atoms with van der Waals surface area (Å²) < 4.78 is 0. The van der Waals surface area contributed by atoms with E-state index in [0.717, 1.165) is 18.4 Å². The Hall–Kier alpha value is -1.12. The first kappa shape index (κ1) is 11.9. The van der Waals surface area contributed by atoms with Crippen LogP contribution in [-0.2, 0) is 0 Å². The molecular weight excluding hydrogens is 220 g/mol. The molecule has 3 rings (SSSR count). The molecule has 2 heterocycles. The van der Waals surface area contributed by atoms with Gasteiger partial charge in [0.25, 0.3) is 0 Å². The first-order valence-corrected chi connectivity index (χ1v) is 7.06. The van der Waals surface area contributed by atoms with Crippen molar-refractivity contribution in [2.24, 2.45) is 11.8 Å². The maximum Gasteiger partial charge on any atom is 0.0166 e. The summed E-state index contributed by atoms with van der Waals surface area (Å²) in [6, 6.07) is 10.6. The maximum absolute atomic E-state index is 3.52. The predicted octanol–water partition coefficient (Wildman–Crippen LogP) is 2.24. The highest BCUT2D eigenvalue weighted by molar-refractivity contribution is 5.48. The van der Waals surface area contributed by atoms with Crippen LogP contribution in [0.25, 0.3) is 6.08 Å². The van der Waals surface area contributed by atoms with Gasteiger partial charge in [0.2, 0.25) is 0 Å². The zero-order chi connectivity index (χ0) is 12.2. The number of nitrogens with one attached hydrogen (secondary N) is 1. The molecule has 0 radical (unpaired) electrons. The normalized spacial score (nSPS) is 28.7. The third kappa shape index (κ3) is 2.82. The van der Waals surface area contributed by atoms with Crippen molar-refractivity contribution in [3.8, 4) is 0 Å². The van der Waals surface area contributed by atoms with E-state index in [9.17, 15) is 0 Å². The molecule has 96 valence electrons. The van der Waals surface area contributed by atoms with E-state index in [0.29, 0.717) is 0 Å². The fourth-order valence-corrected chi connectivity index (χ4v) is 3.18. The van der Waals surface area contributed by atoms with Crippen LogP contribution < -0.4 is 5.32 Å². The molecule has 0 amide bonds. The SMILES string of the molecule is C(=C\c1ccccc1)/CN1CCC2CNCC2C1. The molecule has 2 aliphatic heterocycles. The lowest BCUT2D eigenvalue weighted by Gasteiger charge is -2.33. The number of fused-ring (bicyclic) bond motifs is 1. The molecule has 1 aromatic rings. The van der Waals surface area contributed by atoms with Crippen LogP contribution in [0.1, 0.15) is 12.0 Å². The van der Waals surface area contributed by atoms with Gasteiger partial charge in [0, 0.05) is 13.1 Å². The molecule has 2 heteroatoms. The molecule has 1 aromatic carbocycles. The molecule has 0 aromatic heterocycles. The van der Waals surface area contributed by atoms with Crippen LogP contribution in [-0.4, -0.2) is 37.6 Å². The first-order chi connectivity index (χ1) is 8.92. The lowest BCUT2D eigenvalue weighted by molar-refractivity contribution is 0.163. The van der Waals surface area contributed by atoms with E-state index < -0.39 is 0 Å². The number of nitrogens with zero attached hydrogens (tertiary/aromatic N) is 1. The largest absolute Gasteiger partial charge is 0.316 e. The van der Waals surface area contributed by atoms with Gasteiger partial charge in [0.1, 0.15) is 0 Å². The average Bonchev–Trinajstić information content (AvgIpc) is 2.87. The molecule has 2 atom stereocenters. The Kier molecular flexibility index (Phi) is 3.77. The minimum Gasteiger partial charge on any atom is -0.316 e. The van der Waals surface area contributed by atoms with Gasteiger partial charge in [0.15, 0.2) is 0 Å². The van der Waals surface area contributed by atoms with Crippen LogP contribution in [0.5, 0.6) is 0 Å². The van der Waals surface area contributed by atoms with Crippen molar-refractivity contribution < 1.29 is 0 Å². The minimum absolute atomic E-state index is 0.892. The number of piperidine rings is 1. The van der Waals surface area contributed by atoms with Crippen molar-refractivity contribution >= 4 is 6.08 Å². The second kappa shape index (κ2) is 5.68. The number of hydrogen-bond donors (Lipinski definition) is 1. The van der Waals surface area contributed by atoms with Crippen molar-refractivity contribution in [1.82, 2.24) is 10.2 Å². The Morgan fingerprint density at radius 3 is 2.89 bits per heavy atom. The highest BCUT2D eigenvalue weighted by atomic mass is 15.1. The first-order valence-electron chi connectivity index (χ1n) is 7.06. The van der Waals surface area contributed by atoms with Gasteiger partial charge in [0.05, 0.1) is 0 Å². The summed E-state index contributed by atoms with van der Waals surface area (Å²) in [5.74, 6) is 1.84. The highest BCUT2D eigenvalue weighted by Gasteiger charge is 2.31. The van der Waals surface area contributed by atoms with Gasteiger partial charge in [-0.05, 0) is 43.5 Å². The molecule has 0 bridgehead atoms. The van der Waals surface area contributed by atoms with Crippen LogP contribution >= 0.6 is 0 Å². The minimum atomic E-state index is 0.892. The third-order valence-corrected chi connectivity index (χ3v) is 4.26. The van der Waals surface area contributed by atoms with Crippen LogP contribution in [0.2, 0.25) is 0 Å². The molecule has 2 fully saturated rings. The van der Waals surface area contributed by atoms with Gasteiger partial charge in [-0.25, -0.2) is 0 Å². The molecule has 2 aliphatic rings. The van der Waals surface area contributed by atoms with E-state index in [-0.39, 0.29) is 0 Å². The average molecular weight is 242 g/mol. The van der Waals surface area contributed by atoms with E-state index in [1.54, 1.807) is 0 Å². The van der Waals surface area contributed by atoms with Gasteiger partial charge >= 0.3 is 0 Å². The number of likely N-dealkylation sites (tertiary alicyclic amines) is 1. The lowest BCUT2D eigenvalue weighted by atomic mass is 9.89. The van der Waals surface area contributed by atoms with E-state index in [1.165, 1.54) is 38.2 Å². The molecule has 2 saturated heterocycles. The monoisotopic (exact) mass is 242 g/mol. The fourth-order valence-electron chi connectivity index (χ4n) is 3.18. The van der Waals surface area contributed by atoms with Crippen molar-refractivity contribution in [3.63, 3.8) is 0 Å². The van der Waals surface area contributed by atoms with Crippen molar-refractivity contribution in [2.45, 2.75) is 6.42 Å². The fraction of sp³-hybridized carbons (Fsp3) is 0.500. The van der Waals surface area contributed by atoms with Gasteiger partial charge in [-0.1, -0.05) is 42.5 Å². The number of hydrogen-bond acceptors (Lipinski definition) is 2. The van der Waals surface area contributed by atoms with Crippen LogP contribution in [0, 0.1) is 11.8 Å². The van der Waals surface area contributed by atoms with Crippen molar-refractivity contribution in [3.05, 3.63) is 42.0 Å². The summed E-state index contributed by atoms with van der Waals surface area (Å²) in [4.78, 5) is 2.59. The van der Waals surface area contributed by atoms with E-state index in [2.05, 4.69) is 52.7 Å². The van der Waals surface area contributed by atoms with Gasteiger partial charge in [-0.2, -0.15) is 0 Å². The highest BCUT2D eigenvalue weighted by Crippen LogP contribution is 2.26. The molecule has 0 spiro atoms. The summed E-state index contributed by atoms with van der Waals surface area (Å²) in [5.41, 5.74) is 1.30. The molecule has 0 saturated carbocycles. The van der Waals surface area contributed by atoms with Gasteiger partial charge in [-0.3, -0.25) is 4.90 Å². The maximum atomic E-state index is 3.52. The van der Waals surface area contributed by atoms with E-state index in [1.807, 2.05) is 0 Å². The molecule has 2 nitrogen and oxygen atoms in total. The Morgan fingerprint density at radius 1 is 1.17 bits per heavy atom. The smallest absolute Gasteiger partial charge is 0.0166 e. The van der Waals surface area contributed by atoms with E-state index in [4.69, 9.17) is 0 Å². The third-order valence-electron chi connectivity index (χ3n) is 4.26. The quantitative estimate of drug-likeness (QED) is 0.874. The second-order valence-corrected chi connectivity index (χ2v) is 5.54. The zero-order valence-corrected chi connectivity index (χ0v) is 10.9. The lowest BCUT2D eigenvalue weighted by Crippen LogP contribution is -2.39. The molecule has 2 unspecified atom stereocenters. The zero-order valence-electron chi connectivity index (χ0n) is 10.9. The molecule has 0 aliphatic carbocycles. The Morgan fingerprint density at radius 2 is 2.00 bits per heavy atom. The predicted molar refractivity (Wildman–Crippen MR) is 76.4 cm³/mol. The topological polar surface area (TPSA) is 15.3 Å². The van der Waals surface area contributed by atoms with Gasteiger partial charge in [-0.15, -0.1) is 0 Å². The van der Waals surface area contributed by atoms with Crippen LogP contribution in [0.3, 0.4) is 0 Å². The number of rotatable bonds is 3. The summed E-state index contributed by atoms with van der Waals surface area (Å²) >= 11 is 0. The Balaban J connectivity index is 1.50. The summed E-state index contributed by atoms with van der Waals surface area (Å²) in [7, 11) is 0. The van der Waals surface area contributed by atoms with Crippen LogP contribution in [0.15, 0.2) is 36.4 Å². The Labute approximate surface area is 110 Å². The van der Waals surface area contributed by atoms with Crippen LogP contribution in [0.4, 0.5) is 0 Å². The summed E-state index contributed by atoms with van der Waals surface area (Å²) in [6.45, 7) is 6.11. The van der Waals surface area contributed by atoms with E-state index >= 15 is 0 Å². The summed E-state index contributed by atoms with van der Waals surface area (Å²) in [5, 5.41) is 3.52. The molecular formula is C16H22N2. The standard InChI is InChI=1S/C16H22N2/c1-2-5-14(6-3-1)7-4-9-18-10-8-15-11-17-12-16(15)13-18/h1-7,15-17H,8-13H2/b7-4+. The molecule has 1 N–H and O–H groups in total. The second-order valence-electron chi connectivity index (χ2n) is 5.54.